The molecule has 3 heterocycles. The van der Waals surface area contributed by atoms with E-state index in [1.807, 2.05) is 6.07 Å². The van der Waals surface area contributed by atoms with Crippen molar-refractivity contribution >= 4 is 28.1 Å². The largest absolute Gasteiger partial charge is 0.351 e. The molecule has 1 saturated heterocycles. The van der Waals surface area contributed by atoms with E-state index in [1.54, 1.807) is 11.3 Å². The molecule has 0 spiro atoms. The maximum absolute atomic E-state index is 12.6. The van der Waals surface area contributed by atoms with Crippen molar-refractivity contribution in [3.05, 3.63) is 71.1 Å². The van der Waals surface area contributed by atoms with Crippen LogP contribution in [0.1, 0.15) is 23.3 Å². The molecule has 0 saturated carbocycles. The van der Waals surface area contributed by atoms with Gasteiger partial charge in [0.15, 0.2) is 0 Å². The number of amides is 1. The fraction of sp³-hybridized carbons (Fsp3) is 0.240. The van der Waals surface area contributed by atoms with E-state index in [4.69, 9.17) is 0 Å². The lowest BCUT2D eigenvalue weighted by molar-refractivity contribution is 0.0940. The molecule has 0 unspecified atom stereocenters. The van der Waals surface area contributed by atoms with Gasteiger partial charge in [-0.2, -0.15) is 11.3 Å². The summed E-state index contributed by atoms with van der Waals surface area (Å²) in [6.07, 6.45) is 2.25. The summed E-state index contributed by atoms with van der Waals surface area (Å²) in [5.74, 6) is 0.551. The quantitative estimate of drug-likeness (QED) is 0.415. The molecule has 1 fully saturated rings. The zero-order chi connectivity index (χ0) is 20.3. The highest BCUT2D eigenvalue weighted by atomic mass is 32.1. The predicted octanol–water partition coefficient (Wildman–Crippen LogP) is 5.29. The number of aromatic nitrogens is 1. The summed E-state index contributed by atoms with van der Waals surface area (Å²) in [5.41, 5.74) is 6.43. The minimum absolute atomic E-state index is 0.0219. The van der Waals surface area contributed by atoms with Crippen LogP contribution >= 0.6 is 11.3 Å². The van der Waals surface area contributed by atoms with Crippen LogP contribution in [0.5, 0.6) is 0 Å². The molecule has 2 aromatic heterocycles. The van der Waals surface area contributed by atoms with Crippen molar-refractivity contribution in [3.63, 3.8) is 0 Å². The van der Waals surface area contributed by atoms with Crippen molar-refractivity contribution in [2.45, 2.75) is 12.8 Å². The summed E-state index contributed by atoms with van der Waals surface area (Å²) in [6.45, 7) is 2.84. The van der Waals surface area contributed by atoms with E-state index in [0.717, 1.165) is 48.9 Å². The zero-order valence-corrected chi connectivity index (χ0v) is 17.6. The van der Waals surface area contributed by atoms with Gasteiger partial charge in [0.1, 0.15) is 5.69 Å². The molecule has 4 nitrogen and oxygen atoms in total. The van der Waals surface area contributed by atoms with Gasteiger partial charge < -0.3 is 15.6 Å². The van der Waals surface area contributed by atoms with Gasteiger partial charge in [0.2, 0.25) is 0 Å². The summed E-state index contributed by atoms with van der Waals surface area (Å²) in [7, 11) is 0. The Morgan fingerprint density at radius 3 is 2.40 bits per heavy atom. The van der Waals surface area contributed by atoms with E-state index in [1.165, 1.54) is 16.7 Å². The maximum atomic E-state index is 12.6. The Morgan fingerprint density at radius 2 is 1.67 bits per heavy atom. The van der Waals surface area contributed by atoms with Crippen LogP contribution in [0.4, 0.5) is 0 Å². The van der Waals surface area contributed by atoms with Gasteiger partial charge >= 0.3 is 0 Å². The first-order chi connectivity index (χ1) is 14.8. The van der Waals surface area contributed by atoms with E-state index in [2.05, 4.69) is 74.9 Å². The van der Waals surface area contributed by atoms with Crippen LogP contribution in [0.15, 0.2) is 65.4 Å². The fourth-order valence-electron chi connectivity index (χ4n) is 4.14. The minimum Gasteiger partial charge on any atom is -0.351 e. The summed E-state index contributed by atoms with van der Waals surface area (Å²) < 4.78 is 0. The number of H-pyrrole nitrogens is 1. The van der Waals surface area contributed by atoms with E-state index < -0.39 is 0 Å². The van der Waals surface area contributed by atoms with E-state index in [9.17, 15) is 4.79 Å². The third-order valence-corrected chi connectivity index (χ3v) is 6.63. The summed E-state index contributed by atoms with van der Waals surface area (Å²) in [4.78, 5) is 15.9. The molecule has 152 valence electrons. The molecule has 5 heteroatoms. The normalized spacial score (nSPS) is 14.8. The van der Waals surface area contributed by atoms with E-state index in [-0.39, 0.29) is 5.91 Å². The fourth-order valence-corrected chi connectivity index (χ4v) is 4.80. The number of piperidine rings is 1. The van der Waals surface area contributed by atoms with Crippen LogP contribution < -0.4 is 10.6 Å². The molecule has 4 aromatic rings. The number of benzene rings is 2. The first kappa shape index (κ1) is 19.1. The van der Waals surface area contributed by atoms with Gasteiger partial charge in [-0.15, -0.1) is 0 Å². The first-order valence-electron chi connectivity index (χ1n) is 10.5. The number of nitrogens with one attached hydrogen (secondary N) is 3. The van der Waals surface area contributed by atoms with Gasteiger partial charge in [0.05, 0.1) is 0 Å². The minimum atomic E-state index is -0.0219. The second kappa shape index (κ2) is 8.46. The molecule has 2 aromatic carbocycles. The molecule has 0 radical (unpaired) electrons. The van der Waals surface area contributed by atoms with Crippen LogP contribution in [0, 0.1) is 5.92 Å². The number of thiophene rings is 1. The van der Waals surface area contributed by atoms with Crippen LogP contribution in [0.2, 0.25) is 0 Å². The molecule has 0 atom stereocenters. The van der Waals surface area contributed by atoms with Crippen LogP contribution in [0.3, 0.4) is 0 Å². The Kier molecular flexibility index (Phi) is 5.39. The van der Waals surface area contributed by atoms with Crippen LogP contribution in [-0.2, 0) is 0 Å². The Hall–Kier alpha value is -2.89. The average Bonchev–Trinajstić information content (AvgIpc) is 3.48. The highest BCUT2D eigenvalue weighted by Gasteiger charge is 2.16. The molecule has 0 bridgehead atoms. The van der Waals surface area contributed by atoms with Gasteiger partial charge in [0.25, 0.3) is 5.91 Å². The third kappa shape index (κ3) is 4.04. The highest BCUT2D eigenvalue weighted by Crippen LogP contribution is 2.28. The zero-order valence-electron chi connectivity index (χ0n) is 16.8. The van der Waals surface area contributed by atoms with Gasteiger partial charge in [-0.3, -0.25) is 4.79 Å². The number of carbonyl (C=O) groups excluding carboxylic acids is 1. The number of rotatable bonds is 5. The molecule has 1 amide bonds. The molecule has 3 N–H and O–H groups in total. The Morgan fingerprint density at radius 1 is 0.933 bits per heavy atom. The lowest BCUT2D eigenvalue weighted by atomic mass is 9.98. The summed E-state index contributed by atoms with van der Waals surface area (Å²) >= 11 is 1.71. The van der Waals surface area contributed by atoms with Crippen molar-refractivity contribution < 1.29 is 4.79 Å². The lowest BCUT2D eigenvalue weighted by Crippen LogP contribution is -2.36. The molecule has 0 aliphatic carbocycles. The van der Waals surface area contributed by atoms with Crippen molar-refractivity contribution in [2.24, 2.45) is 5.92 Å². The molecule has 1 aliphatic rings. The SMILES string of the molecule is O=C(NCC1CCNCC1)c1cc2cc(-c3ccc(-c4ccsc4)cc3)ccc2[nH]1. The second-order valence-corrected chi connectivity index (χ2v) is 8.76. The van der Waals surface area contributed by atoms with E-state index >= 15 is 0 Å². The number of aromatic amines is 1. The first-order valence-corrected chi connectivity index (χ1v) is 11.5. The number of hydrogen-bond donors (Lipinski definition) is 3. The van der Waals surface area contributed by atoms with Crippen molar-refractivity contribution in [1.29, 1.82) is 0 Å². The van der Waals surface area contributed by atoms with Crippen molar-refractivity contribution in [2.75, 3.05) is 19.6 Å². The Labute approximate surface area is 180 Å². The number of fused-ring (bicyclic) bond motifs is 1. The van der Waals surface area contributed by atoms with Crippen molar-refractivity contribution in [1.82, 2.24) is 15.6 Å². The van der Waals surface area contributed by atoms with Crippen molar-refractivity contribution in [3.8, 4) is 22.3 Å². The highest BCUT2D eigenvalue weighted by molar-refractivity contribution is 7.08. The molecular weight excluding hydrogens is 390 g/mol. The molecule has 5 rings (SSSR count). The lowest BCUT2D eigenvalue weighted by Gasteiger charge is -2.22. The average molecular weight is 416 g/mol. The predicted molar refractivity (Wildman–Crippen MR) is 125 cm³/mol. The number of hydrogen-bond acceptors (Lipinski definition) is 3. The van der Waals surface area contributed by atoms with Gasteiger partial charge in [-0.1, -0.05) is 30.3 Å². The standard InChI is InChI=1S/C25H25N3OS/c29-25(27-15-17-7-10-26-11-8-17)24-14-22-13-20(5-6-23(22)28-24)18-1-3-19(4-2-18)21-9-12-30-16-21/h1-6,9,12-14,16-17,26,28H,7-8,10-11,15H2,(H,27,29). The topological polar surface area (TPSA) is 56.9 Å². The van der Waals surface area contributed by atoms with Crippen LogP contribution in [0.25, 0.3) is 33.2 Å². The van der Waals surface area contributed by atoms with Gasteiger partial charge in [-0.05, 0) is 89.1 Å². The third-order valence-electron chi connectivity index (χ3n) is 5.95. The van der Waals surface area contributed by atoms with Gasteiger partial charge in [0, 0.05) is 17.4 Å². The van der Waals surface area contributed by atoms with E-state index in [0.29, 0.717) is 11.6 Å². The molecule has 1 aliphatic heterocycles. The summed E-state index contributed by atoms with van der Waals surface area (Å²) in [6, 6.07) is 19.1. The molecule has 30 heavy (non-hydrogen) atoms. The monoisotopic (exact) mass is 415 g/mol. The van der Waals surface area contributed by atoms with Gasteiger partial charge in [-0.25, -0.2) is 0 Å². The molecular formula is C25H25N3OS. The van der Waals surface area contributed by atoms with Crippen LogP contribution in [-0.4, -0.2) is 30.5 Å². The number of carbonyl (C=O) groups is 1. The second-order valence-electron chi connectivity index (χ2n) is 7.98. The Bertz CT molecular complexity index is 1140. The summed E-state index contributed by atoms with van der Waals surface area (Å²) in [5, 5.41) is 11.8. The smallest absolute Gasteiger partial charge is 0.267 e. The Balaban J connectivity index is 1.31. The maximum Gasteiger partial charge on any atom is 0.267 e.